The molecule has 0 saturated heterocycles. The fourth-order valence-corrected chi connectivity index (χ4v) is 1.19. The van der Waals surface area contributed by atoms with Crippen LogP contribution in [0.1, 0.15) is 32.0 Å². The number of amides is 1. The molecule has 0 saturated carbocycles. The van der Waals surface area contributed by atoms with Gasteiger partial charge in [0, 0.05) is 26.3 Å². The van der Waals surface area contributed by atoms with Crippen LogP contribution in [0.3, 0.4) is 0 Å². The average Bonchev–Trinajstić information content (AvgIpc) is 2.50. The van der Waals surface area contributed by atoms with E-state index >= 15 is 0 Å². The van der Waals surface area contributed by atoms with Gasteiger partial charge in [0.1, 0.15) is 0 Å². The summed E-state index contributed by atoms with van der Waals surface area (Å²) < 4.78 is 5.17. The van der Waals surface area contributed by atoms with Gasteiger partial charge in [-0.3, -0.25) is 4.79 Å². The first-order valence-electron chi connectivity index (χ1n) is 5.13. The number of aromatic nitrogens is 2. The van der Waals surface area contributed by atoms with Gasteiger partial charge in [0.25, 0.3) is 0 Å². The van der Waals surface area contributed by atoms with Gasteiger partial charge < -0.3 is 9.73 Å². The van der Waals surface area contributed by atoms with Crippen LogP contribution in [-0.4, -0.2) is 22.6 Å². The number of carbonyl (C=O) groups is 1. The minimum absolute atomic E-state index is 0.0706. The highest BCUT2D eigenvalue weighted by atomic mass is 16.4. The van der Waals surface area contributed by atoms with Gasteiger partial charge in [-0.15, -0.1) is 10.2 Å². The van der Waals surface area contributed by atoms with Crippen LogP contribution in [0.15, 0.2) is 4.42 Å². The lowest BCUT2D eigenvalue weighted by molar-refractivity contribution is -0.121. The van der Waals surface area contributed by atoms with Crippen molar-refractivity contribution in [3.63, 3.8) is 0 Å². The van der Waals surface area contributed by atoms with E-state index in [1.165, 1.54) is 0 Å². The fraction of sp³-hybridized carbons (Fsp3) is 0.700. The highest BCUT2D eigenvalue weighted by molar-refractivity contribution is 5.75. The Morgan fingerprint density at radius 2 is 2.20 bits per heavy atom. The first-order chi connectivity index (χ1) is 7.08. The Balaban J connectivity index is 2.19. The zero-order chi connectivity index (χ0) is 11.3. The van der Waals surface area contributed by atoms with Crippen molar-refractivity contribution in [3.8, 4) is 0 Å². The van der Waals surface area contributed by atoms with Crippen molar-refractivity contribution in [3.05, 3.63) is 11.8 Å². The van der Waals surface area contributed by atoms with E-state index in [2.05, 4.69) is 15.5 Å². The summed E-state index contributed by atoms with van der Waals surface area (Å²) in [5, 5.41) is 10.3. The summed E-state index contributed by atoms with van der Waals surface area (Å²) in [6, 6.07) is 0. The summed E-state index contributed by atoms with van der Waals surface area (Å²) in [5.41, 5.74) is 0. The minimum Gasteiger partial charge on any atom is -0.426 e. The number of nitrogens with zero attached hydrogens (tertiary/aromatic N) is 2. The monoisotopic (exact) mass is 211 g/mol. The van der Waals surface area contributed by atoms with Gasteiger partial charge in [-0.25, -0.2) is 0 Å². The third-order valence-electron chi connectivity index (χ3n) is 1.82. The van der Waals surface area contributed by atoms with Crippen LogP contribution < -0.4 is 5.32 Å². The molecule has 0 aliphatic carbocycles. The Hall–Kier alpha value is -1.39. The molecule has 5 nitrogen and oxygen atoms in total. The zero-order valence-corrected chi connectivity index (χ0v) is 9.41. The maximum atomic E-state index is 11.3. The third-order valence-corrected chi connectivity index (χ3v) is 1.82. The number of aryl methyl sites for hydroxylation is 1. The molecule has 0 spiro atoms. The van der Waals surface area contributed by atoms with Crippen LogP contribution in [0.4, 0.5) is 0 Å². The lowest BCUT2D eigenvalue weighted by Gasteiger charge is -2.05. The van der Waals surface area contributed by atoms with Crippen LogP contribution in [-0.2, 0) is 11.2 Å². The molecule has 0 bridgehead atoms. The van der Waals surface area contributed by atoms with Gasteiger partial charge in [0.15, 0.2) is 0 Å². The Morgan fingerprint density at radius 3 is 2.73 bits per heavy atom. The molecule has 5 heteroatoms. The molecular weight excluding hydrogens is 194 g/mol. The van der Waals surface area contributed by atoms with E-state index in [0.29, 0.717) is 37.1 Å². The Morgan fingerprint density at radius 1 is 1.47 bits per heavy atom. The molecule has 84 valence electrons. The lowest BCUT2D eigenvalue weighted by atomic mass is 10.1. The largest absolute Gasteiger partial charge is 0.426 e. The molecule has 0 aliphatic rings. The van der Waals surface area contributed by atoms with Crippen molar-refractivity contribution in [1.29, 1.82) is 0 Å². The summed E-state index contributed by atoms with van der Waals surface area (Å²) in [7, 11) is 0. The van der Waals surface area contributed by atoms with Crippen molar-refractivity contribution in [1.82, 2.24) is 15.5 Å². The van der Waals surface area contributed by atoms with Crippen LogP contribution in [0.25, 0.3) is 0 Å². The molecule has 0 atom stereocenters. The van der Waals surface area contributed by atoms with Crippen molar-refractivity contribution in [2.45, 2.75) is 33.6 Å². The Labute approximate surface area is 89.3 Å². The molecule has 1 heterocycles. The third kappa shape index (κ3) is 4.58. The van der Waals surface area contributed by atoms with Gasteiger partial charge in [-0.05, 0) is 5.92 Å². The first-order valence-corrected chi connectivity index (χ1v) is 5.13. The van der Waals surface area contributed by atoms with E-state index in [9.17, 15) is 4.79 Å². The lowest BCUT2D eigenvalue weighted by Crippen LogP contribution is -2.26. The summed E-state index contributed by atoms with van der Waals surface area (Å²) in [4.78, 5) is 11.3. The summed E-state index contributed by atoms with van der Waals surface area (Å²) in [6.45, 7) is 6.32. The summed E-state index contributed by atoms with van der Waals surface area (Å²) in [6.07, 6.45) is 1.15. The SMILES string of the molecule is Cc1nnc(CCNC(=O)CC(C)C)o1. The maximum Gasteiger partial charge on any atom is 0.220 e. The summed E-state index contributed by atoms with van der Waals surface area (Å²) >= 11 is 0. The molecule has 15 heavy (non-hydrogen) atoms. The van der Waals surface area contributed by atoms with Gasteiger partial charge in [-0.1, -0.05) is 13.8 Å². The van der Waals surface area contributed by atoms with Crippen molar-refractivity contribution >= 4 is 5.91 Å². The molecule has 0 aliphatic heterocycles. The normalized spacial score (nSPS) is 10.7. The number of hydrogen-bond donors (Lipinski definition) is 1. The van der Waals surface area contributed by atoms with Gasteiger partial charge in [-0.2, -0.15) is 0 Å². The number of carbonyl (C=O) groups excluding carboxylic acids is 1. The van der Waals surface area contributed by atoms with Gasteiger partial charge in [0.2, 0.25) is 17.7 Å². The second-order valence-electron chi connectivity index (χ2n) is 3.91. The zero-order valence-electron chi connectivity index (χ0n) is 9.41. The Bertz CT molecular complexity index is 320. The highest BCUT2D eigenvalue weighted by Crippen LogP contribution is 1.99. The average molecular weight is 211 g/mol. The van der Waals surface area contributed by atoms with Crippen LogP contribution in [0.2, 0.25) is 0 Å². The standard InChI is InChI=1S/C10H17N3O2/c1-7(2)6-9(14)11-5-4-10-13-12-8(3)15-10/h7H,4-6H2,1-3H3,(H,11,14). The van der Waals surface area contributed by atoms with E-state index in [-0.39, 0.29) is 5.91 Å². The molecule has 1 aromatic heterocycles. The van der Waals surface area contributed by atoms with Crippen LogP contribution >= 0.6 is 0 Å². The molecule has 0 unspecified atom stereocenters. The van der Waals surface area contributed by atoms with Crippen molar-refractivity contribution in [2.75, 3.05) is 6.54 Å². The number of nitrogens with one attached hydrogen (secondary N) is 1. The van der Waals surface area contributed by atoms with E-state index in [0.717, 1.165) is 0 Å². The molecule has 1 N–H and O–H groups in total. The second kappa shape index (κ2) is 5.48. The highest BCUT2D eigenvalue weighted by Gasteiger charge is 2.05. The van der Waals surface area contributed by atoms with E-state index < -0.39 is 0 Å². The van der Waals surface area contributed by atoms with E-state index in [4.69, 9.17) is 4.42 Å². The molecule has 0 aromatic carbocycles. The van der Waals surface area contributed by atoms with Crippen molar-refractivity contribution in [2.24, 2.45) is 5.92 Å². The molecule has 0 radical (unpaired) electrons. The molecule has 1 amide bonds. The minimum atomic E-state index is 0.0706. The van der Waals surface area contributed by atoms with Gasteiger partial charge in [0.05, 0.1) is 0 Å². The van der Waals surface area contributed by atoms with Crippen LogP contribution in [0.5, 0.6) is 0 Å². The Kier molecular flexibility index (Phi) is 4.27. The predicted molar refractivity (Wildman–Crippen MR) is 55.2 cm³/mol. The smallest absolute Gasteiger partial charge is 0.220 e. The predicted octanol–water partition coefficient (Wildman–Crippen LogP) is 1.08. The topological polar surface area (TPSA) is 68.0 Å². The van der Waals surface area contributed by atoms with Crippen LogP contribution in [0, 0.1) is 12.8 Å². The van der Waals surface area contributed by atoms with Gasteiger partial charge >= 0.3 is 0 Å². The molecule has 1 aromatic rings. The number of hydrogen-bond acceptors (Lipinski definition) is 4. The van der Waals surface area contributed by atoms with E-state index in [1.54, 1.807) is 6.92 Å². The second-order valence-corrected chi connectivity index (χ2v) is 3.91. The quantitative estimate of drug-likeness (QED) is 0.791. The number of rotatable bonds is 5. The van der Waals surface area contributed by atoms with E-state index in [1.807, 2.05) is 13.8 Å². The van der Waals surface area contributed by atoms with Crippen molar-refractivity contribution < 1.29 is 9.21 Å². The molecular formula is C10H17N3O2. The molecule has 0 fully saturated rings. The maximum absolute atomic E-state index is 11.3. The first kappa shape index (κ1) is 11.7. The summed E-state index contributed by atoms with van der Waals surface area (Å²) in [5.74, 6) is 1.58. The molecule has 1 rings (SSSR count). The fourth-order valence-electron chi connectivity index (χ4n) is 1.19.